The third-order valence-electron chi connectivity index (χ3n) is 4.29. The van der Waals surface area contributed by atoms with Gasteiger partial charge < -0.3 is 35.5 Å². The molecule has 1 aromatic rings. The Balaban J connectivity index is 2.80. The molecule has 0 heterocycles. The second kappa shape index (κ2) is 12.3. The molecule has 29 heavy (non-hydrogen) atoms. The Bertz CT molecular complexity index is 655. The number of aldehydes is 1. The number of rotatable bonds is 12. The van der Waals surface area contributed by atoms with Gasteiger partial charge in [-0.2, -0.15) is 0 Å². The average Bonchev–Trinajstić information content (AvgIpc) is 2.69. The smallest absolute Gasteiger partial charge is 0.249 e. The van der Waals surface area contributed by atoms with Crippen LogP contribution in [0.4, 0.5) is 0 Å². The van der Waals surface area contributed by atoms with Crippen LogP contribution in [0.5, 0.6) is 0 Å². The number of aliphatic hydroxyl groups is 3. The van der Waals surface area contributed by atoms with Crippen molar-refractivity contribution in [3.05, 3.63) is 35.9 Å². The fourth-order valence-corrected chi connectivity index (χ4v) is 2.81. The van der Waals surface area contributed by atoms with Crippen molar-refractivity contribution < 1.29 is 34.4 Å². The summed E-state index contributed by atoms with van der Waals surface area (Å²) in [5, 5.41) is 34.1. The van der Waals surface area contributed by atoms with Gasteiger partial charge in [-0.1, -0.05) is 30.3 Å². The molecule has 0 aromatic heterocycles. The lowest BCUT2D eigenvalue weighted by molar-refractivity contribution is -0.157. The van der Waals surface area contributed by atoms with Gasteiger partial charge in [0.15, 0.2) is 0 Å². The summed E-state index contributed by atoms with van der Waals surface area (Å²) < 4.78 is 5.52. The molecule has 0 spiro atoms. The van der Waals surface area contributed by atoms with Crippen molar-refractivity contribution in [3.63, 3.8) is 0 Å². The largest absolute Gasteiger partial charge is 0.394 e. The molecule has 0 aliphatic rings. The highest BCUT2D eigenvalue weighted by Gasteiger charge is 2.36. The van der Waals surface area contributed by atoms with Crippen molar-refractivity contribution in [1.82, 2.24) is 10.6 Å². The van der Waals surface area contributed by atoms with E-state index in [1.54, 1.807) is 0 Å². The zero-order chi connectivity index (χ0) is 22.0. The molecular formula is C20H30N2O7. The van der Waals surface area contributed by atoms with E-state index in [0.717, 1.165) is 5.56 Å². The van der Waals surface area contributed by atoms with Crippen molar-refractivity contribution in [2.24, 2.45) is 0 Å². The maximum absolute atomic E-state index is 12.5. The van der Waals surface area contributed by atoms with Crippen molar-refractivity contribution >= 4 is 18.1 Å². The van der Waals surface area contributed by atoms with Crippen LogP contribution in [-0.4, -0.2) is 76.5 Å². The first-order chi connectivity index (χ1) is 13.7. The Labute approximate surface area is 170 Å². The highest BCUT2D eigenvalue weighted by Crippen LogP contribution is 2.13. The highest BCUT2D eigenvalue weighted by molar-refractivity contribution is 5.81. The van der Waals surface area contributed by atoms with E-state index in [4.69, 9.17) is 9.84 Å². The average molecular weight is 410 g/mol. The SMILES string of the molecule is CC(=O)N[C@@H](C=O)[C@@H](O[C@H](C)C(=O)N[C@@H](C)Cc1ccccc1)[C@H](O)[C@H](O)CO. The van der Waals surface area contributed by atoms with E-state index < -0.39 is 48.9 Å². The van der Waals surface area contributed by atoms with Crippen LogP contribution in [-0.2, 0) is 25.5 Å². The molecule has 0 saturated carbocycles. The van der Waals surface area contributed by atoms with Crippen molar-refractivity contribution in [1.29, 1.82) is 0 Å². The van der Waals surface area contributed by atoms with Crippen LogP contribution in [0.15, 0.2) is 30.3 Å². The summed E-state index contributed by atoms with van der Waals surface area (Å²) in [5.74, 6) is -1.05. The number of hydrogen-bond donors (Lipinski definition) is 5. The Morgan fingerprint density at radius 3 is 2.28 bits per heavy atom. The number of carbonyl (C=O) groups is 3. The molecule has 0 saturated heterocycles. The lowest BCUT2D eigenvalue weighted by Crippen LogP contribution is -2.56. The second-order valence-electron chi connectivity index (χ2n) is 6.95. The molecule has 6 atom stereocenters. The summed E-state index contributed by atoms with van der Waals surface area (Å²) in [7, 11) is 0. The molecule has 0 aliphatic heterocycles. The van der Waals surface area contributed by atoms with Gasteiger partial charge in [-0.05, 0) is 25.8 Å². The van der Waals surface area contributed by atoms with Crippen LogP contribution in [0.1, 0.15) is 26.3 Å². The number of nitrogens with one attached hydrogen (secondary N) is 2. The number of carbonyl (C=O) groups excluding carboxylic acids is 3. The third kappa shape index (κ3) is 8.28. The van der Waals surface area contributed by atoms with Gasteiger partial charge in [-0.15, -0.1) is 0 Å². The monoisotopic (exact) mass is 410 g/mol. The Hall–Kier alpha value is -2.33. The first kappa shape index (κ1) is 24.7. The number of benzene rings is 1. The first-order valence-corrected chi connectivity index (χ1v) is 9.38. The van der Waals surface area contributed by atoms with E-state index in [1.807, 2.05) is 37.3 Å². The molecule has 9 nitrogen and oxygen atoms in total. The lowest BCUT2D eigenvalue weighted by Gasteiger charge is -2.32. The van der Waals surface area contributed by atoms with Crippen LogP contribution >= 0.6 is 0 Å². The summed E-state index contributed by atoms with van der Waals surface area (Å²) in [5.41, 5.74) is 1.04. The predicted octanol–water partition coefficient (Wildman–Crippen LogP) is -1.07. The molecule has 0 bridgehead atoms. The van der Waals surface area contributed by atoms with Gasteiger partial charge in [0, 0.05) is 13.0 Å². The molecule has 0 fully saturated rings. The van der Waals surface area contributed by atoms with Crippen LogP contribution in [0, 0.1) is 0 Å². The molecule has 1 aromatic carbocycles. The quantitative estimate of drug-likeness (QED) is 0.276. The summed E-state index contributed by atoms with van der Waals surface area (Å²) in [6.07, 6.45) is -4.94. The minimum absolute atomic E-state index is 0.209. The van der Waals surface area contributed by atoms with E-state index in [-0.39, 0.29) is 6.04 Å². The van der Waals surface area contributed by atoms with E-state index in [0.29, 0.717) is 12.7 Å². The van der Waals surface area contributed by atoms with Crippen LogP contribution in [0.25, 0.3) is 0 Å². The Morgan fingerprint density at radius 1 is 1.14 bits per heavy atom. The van der Waals surface area contributed by atoms with Gasteiger partial charge in [0.1, 0.15) is 36.7 Å². The van der Waals surface area contributed by atoms with Crippen LogP contribution in [0.2, 0.25) is 0 Å². The zero-order valence-corrected chi connectivity index (χ0v) is 16.8. The maximum atomic E-state index is 12.5. The number of aliphatic hydroxyl groups excluding tert-OH is 3. The third-order valence-corrected chi connectivity index (χ3v) is 4.29. The maximum Gasteiger partial charge on any atom is 0.249 e. The summed E-state index contributed by atoms with van der Waals surface area (Å²) >= 11 is 0. The first-order valence-electron chi connectivity index (χ1n) is 9.38. The normalized spacial score (nSPS) is 17.3. The van der Waals surface area contributed by atoms with Gasteiger partial charge >= 0.3 is 0 Å². The Morgan fingerprint density at radius 2 is 1.76 bits per heavy atom. The van der Waals surface area contributed by atoms with Crippen LogP contribution in [0.3, 0.4) is 0 Å². The number of hydrogen-bond acceptors (Lipinski definition) is 7. The van der Waals surface area contributed by atoms with Gasteiger partial charge in [0.2, 0.25) is 11.8 Å². The topological polar surface area (TPSA) is 145 Å². The van der Waals surface area contributed by atoms with Crippen LogP contribution < -0.4 is 10.6 Å². The van der Waals surface area contributed by atoms with E-state index in [9.17, 15) is 24.6 Å². The highest BCUT2D eigenvalue weighted by atomic mass is 16.5. The van der Waals surface area contributed by atoms with Crippen molar-refractivity contribution in [3.8, 4) is 0 Å². The minimum Gasteiger partial charge on any atom is -0.394 e. The van der Waals surface area contributed by atoms with Gasteiger partial charge in [0.25, 0.3) is 0 Å². The fraction of sp³-hybridized carbons (Fsp3) is 0.550. The van der Waals surface area contributed by atoms with Gasteiger partial charge in [-0.25, -0.2) is 0 Å². The molecule has 0 radical (unpaired) electrons. The summed E-state index contributed by atoms with van der Waals surface area (Å²) in [4.78, 5) is 35.2. The van der Waals surface area contributed by atoms with Crippen molar-refractivity contribution in [2.75, 3.05) is 6.61 Å². The molecule has 162 valence electrons. The molecular weight excluding hydrogens is 380 g/mol. The molecule has 0 aliphatic carbocycles. The summed E-state index contributed by atoms with van der Waals surface area (Å²) in [6.45, 7) is 3.63. The molecule has 5 N–H and O–H groups in total. The van der Waals surface area contributed by atoms with Gasteiger partial charge in [0.05, 0.1) is 6.61 Å². The van der Waals surface area contributed by atoms with E-state index >= 15 is 0 Å². The second-order valence-corrected chi connectivity index (χ2v) is 6.95. The molecule has 0 unspecified atom stereocenters. The molecule has 2 amide bonds. The zero-order valence-electron chi connectivity index (χ0n) is 16.8. The minimum atomic E-state index is -1.71. The van der Waals surface area contributed by atoms with E-state index in [1.165, 1.54) is 13.8 Å². The predicted molar refractivity (Wildman–Crippen MR) is 105 cm³/mol. The van der Waals surface area contributed by atoms with Crippen molar-refractivity contribution in [2.45, 2.75) is 63.7 Å². The lowest BCUT2D eigenvalue weighted by atomic mass is 10.0. The molecule has 9 heteroatoms. The Kier molecular flexibility index (Phi) is 10.5. The van der Waals surface area contributed by atoms with Gasteiger partial charge in [-0.3, -0.25) is 9.59 Å². The fourth-order valence-electron chi connectivity index (χ4n) is 2.81. The standard InChI is InChI=1S/C20H30N2O7/c1-12(9-15-7-5-4-6-8-15)21-20(28)13(2)29-19(18(27)17(26)11-24)16(10-23)22-14(3)25/h4-8,10,12-13,16-19,24,26-27H,9,11H2,1-3H3,(H,21,28)(H,22,25)/t12-,13+,16-,17+,18+,19+/m0/s1. The number of ether oxygens (including phenoxy) is 1. The van der Waals surface area contributed by atoms with E-state index in [2.05, 4.69) is 10.6 Å². The summed E-state index contributed by atoms with van der Waals surface area (Å²) in [6, 6.07) is 8.04. The number of amides is 2. The molecule has 1 rings (SSSR count).